The molecule has 0 rings (SSSR count). The van der Waals surface area contributed by atoms with E-state index in [1.807, 2.05) is 34.6 Å². The minimum atomic E-state index is -1.16. The van der Waals surface area contributed by atoms with E-state index in [9.17, 15) is 9.59 Å². The van der Waals surface area contributed by atoms with Crippen LogP contribution in [-0.4, -0.2) is 30.6 Å². The van der Waals surface area contributed by atoms with E-state index in [2.05, 4.69) is 0 Å². The van der Waals surface area contributed by atoms with Gasteiger partial charge in [-0.1, -0.05) is 34.6 Å². The summed E-state index contributed by atoms with van der Waals surface area (Å²) in [5.74, 6) is 0.212. The van der Waals surface area contributed by atoms with Gasteiger partial charge in [0.05, 0.1) is 6.61 Å². The molecule has 4 heteroatoms. The number of rotatable bonds is 10. The third kappa shape index (κ3) is 7.63. The van der Waals surface area contributed by atoms with Crippen LogP contribution in [-0.2, 0) is 19.1 Å². The largest absolute Gasteiger partial charge is 0.449 e. The molecule has 4 nitrogen and oxygen atoms in total. The van der Waals surface area contributed by atoms with Crippen LogP contribution in [0.15, 0.2) is 0 Å². The van der Waals surface area contributed by atoms with E-state index in [0.29, 0.717) is 31.8 Å². The predicted molar refractivity (Wildman–Crippen MR) is 79.5 cm³/mol. The second-order valence-electron chi connectivity index (χ2n) is 6.39. The monoisotopic (exact) mass is 286 g/mol. The van der Waals surface area contributed by atoms with Crippen molar-refractivity contribution in [3.8, 4) is 0 Å². The third-order valence-corrected chi connectivity index (χ3v) is 2.81. The van der Waals surface area contributed by atoms with E-state index < -0.39 is 5.60 Å². The summed E-state index contributed by atoms with van der Waals surface area (Å²) in [6.45, 7) is 12.3. The van der Waals surface area contributed by atoms with Crippen molar-refractivity contribution in [2.24, 2.45) is 11.8 Å². The van der Waals surface area contributed by atoms with Crippen molar-refractivity contribution >= 4 is 11.8 Å². The number of carbonyl (C=O) groups is 2. The summed E-state index contributed by atoms with van der Waals surface area (Å²) in [6.07, 6.45) is 1.43. The maximum absolute atomic E-state index is 12.3. The van der Waals surface area contributed by atoms with Crippen molar-refractivity contribution in [2.75, 3.05) is 13.2 Å². The number of carbonyl (C=O) groups excluding carboxylic acids is 2. The van der Waals surface area contributed by atoms with Crippen molar-refractivity contribution in [1.82, 2.24) is 0 Å². The van der Waals surface area contributed by atoms with Gasteiger partial charge >= 0.3 is 5.97 Å². The van der Waals surface area contributed by atoms with Gasteiger partial charge in [-0.05, 0) is 25.2 Å². The van der Waals surface area contributed by atoms with E-state index in [1.165, 1.54) is 0 Å². The Kier molecular flexibility index (Phi) is 8.70. The molecule has 0 amide bonds. The number of ketones is 1. The molecule has 1 unspecified atom stereocenters. The van der Waals surface area contributed by atoms with Crippen LogP contribution in [0.25, 0.3) is 0 Å². The second-order valence-corrected chi connectivity index (χ2v) is 6.39. The van der Waals surface area contributed by atoms with Gasteiger partial charge in [-0.15, -0.1) is 0 Å². The normalized spacial score (nSPS) is 14.4. The second kappa shape index (κ2) is 9.11. The Morgan fingerprint density at radius 1 is 1.10 bits per heavy atom. The van der Waals surface area contributed by atoms with Gasteiger partial charge in [-0.3, -0.25) is 9.59 Å². The summed E-state index contributed by atoms with van der Waals surface area (Å²) in [7, 11) is 0. The molecule has 1 atom stereocenters. The standard InChI is InChI=1S/C16H30O4/c1-7-8-15(18)20-16(6,11-19-10-13(4)5)14(17)9-12(2)3/h12-13H,7-11H2,1-6H3. The highest BCUT2D eigenvalue weighted by Crippen LogP contribution is 2.19. The first-order valence-electron chi connectivity index (χ1n) is 7.54. The molecular formula is C16H30O4. The number of ether oxygens (including phenoxy) is 2. The van der Waals surface area contributed by atoms with Gasteiger partial charge in [0.15, 0.2) is 11.4 Å². The summed E-state index contributed by atoms with van der Waals surface area (Å²) >= 11 is 0. The zero-order valence-corrected chi connectivity index (χ0v) is 13.8. The summed E-state index contributed by atoms with van der Waals surface area (Å²) in [6, 6.07) is 0. The van der Waals surface area contributed by atoms with Gasteiger partial charge in [-0.25, -0.2) is 0 Å². The Labute approximate surface area is 123 Å². The van der Waals surface area contributed by atoms with E-state index >= 15 is 0 Å². The predicted octanol–water partition coefficient (Wildman–Crippen LogP) is 3.38. The lowest BCUT2D eigenvalue weighted by Gasteiger charge is -2.29. The van der Waals surface area contributed by atoms with Crippen LogP contribution >= 0.6 is 0 Å². The Balaban J connectivity index is 4.73. The molecule has 0 aromatic rings. The molecule has 0 heterocycles. The van der Waals surface area contributed by atoms with Crippen LogP contribution < -0.4 is 0 Å². The Morgan fingerprint density at radius 2 is 1.70 bits per heavy atom. The molecule has 0 aliphatic carbocycles. The zero-order valence-electron chi connectivity index (χ0n) is 13.8. The fourth-order valence-corrected chi connectivity index (χ4v) is 1.75. The van der Waals surface area contributed by atoms with Crippen molar-refractivity contribution in [1.29, 1.82) is 0 Å². The fourth-order valence-electron chi connectivity index (χ4n) is 1.75. The maximum Gasteiger partial charge on any atom is 0.306 e. The molecule has 0 aliphatic heterocycles. The molecule has 20 heavy (non-hydrogen) atoms. The molecule has 0 bridgehead atoms. The highest BCUT2D eigenvalue weighted by Gasteiger charge is 2.37. The van der Waals surface area contributed by atoms with Crippen LogP contribution in [0.4, 0.5) is 0 Å². The Hall–Kier alpha value is -0.900. The Morgan fingerprint density at radius 3 is 2.15 bits per heavy atom. The molecule has 118 valence electrons. The van der Waals surface area contributed by atoms with Gasteiger partial charge in [-0.2, -0.15) is 0 Å². The minimum absolute atomic E-state index is 0.0688. The van der Waals surface area contributed by atoms with Crippen LogP contribution in [0, 0.1) is 11.8 Å². The van der Waals surface area contributed by atoms with Gasteiger partial charge < -0.3 is 9.47 Å². The lowest BCUT2D eigenvalue weighted by molar-refractivity contribution is -0.173. The molecule has 0 saturated carbocycles. The van der Waals surface area contributed by atoms with Crippen LogP contribution in [0.3, 0.4) is 0 Å². The average molecular weight is 286 g/mol. The smallest absolute Gasteiger partial charge is 0.306 e. The van der Waals surface area contributed by atoms with E-state index in [0.717, 1.165) is 0 Å². The molecule has 0 N–H and O–H groups in total. The van der Waals surface area contributed by atoms with Gasteiger partial charge in [0.1, 0.15) is 0 Å². The van der Waals surface area contributed by atoms with Gasteiger partial charge in [0, 0.05) is 19.4 Å². The van der Waals surface area contributed by atoms with Crippen LogP contribution in [0.2, 0.25) is 0 Å². The highest BCUT2D eigenvalue weighted by molar-refractivity contribution is 5.89. The van der Waals surface area contributed by atoms with Crippen molar-refractivity contribution in [3.63, 3.8) is 0 Å². The summed E-state index contributed by atoms with van der Waals surface area (Å²) in [5.41, 5.74) is -1.16. The minimum Gasteiger partial charge on any atom is -0.449 e. The molecule has 0 aromatic heterocycles. The first-order valence-corrected chi connectivity index (χ1v) is 7.54. The molecular weight excluding hydrogens is 256 g/mol. The fraction of sp³-hybridized carbons (Fsp3) is 0.875. The first-order chi connectivity index (χ1) is 9.21. The van der Waals surface area contributed by atoms with Crippen LogP contribution in [0.5, 0.6) is 0 Å². The quantitative estimate of drug-likeness (QED) is 0.578. The lowest BCUT2D eigenvalue weighted by Crippen LogP contribution is -2.45. The van der Waals surface area contributed by atoms with Crippen molar-refractivity contribution < 1.29 is 19.1 Å². The molecule has 0 fully saturated rings. The number of Topliss-reactive ketones (excluding diaryl/α,β-unsaturated/α-hetero) is 1. The first kappa shape index (κ1) is 19.1. The van der Waals surface area contributed by atoms with E-state index in [4.69, 9.17) is 9.47 Å². The highest BCUT2D eigenvalue weighted by atomic mass is 16.6. The van der Waals surface area contributed by atoms with Gasteiger partial charge in [0.25, 0.3) is 0 Å². The summed E-state index contributed by atoms with van der Waals surface area (Å²) in [4.78, 5) is 24.0. The number of esters is 1. The lowest BCUT2D eigenvalue weighted by atomic mass is 9.94. The third-order valence-electron chi connectivity index (χ3n) is 2.81. The molecule has 0 aromatic carbocycles. The van der Waals surface area contributed by atoms with Crippen molar-refractivity contribution in [3.05, 3.63) is 0 Å². The van der Waals surface area contributed by atoms with E-state index in [-0.39, 0.29) is 24.3 Å². The summed E-state index contributed by atoms with van der Waals surface area (Å²) < 4.78 is 11.0. The zero-order chi connectivity index (χ0) is 15.8. The molecule has 0 spiro atoms. The Bertz CT molecular complexity index is 310. The maximum atomic E-state index is 12.3. The SMILES string of the molecule is CCCC(=O)OC(C)(COCC(C)C)C(=O)CC(C)C. The number of hydrogen-bond acceptors (Lipinski definition) is 4. The molecule has 0 aliphatic rings. The molecule has 0 radical (unpaired) electrons. The molecule has 0 saturated heterocycles. The topological polar surface area (TPSA) is 52.6 Å². The van der Waals surface area contributed by atoms with E-state index in [1.54, 1.807) is 6.92 Å². The van der Waals surface area contributed by atoms with Crippen molar-refractivity contribution in [2.45, 2.75) is 66.4 Å². The average Bonchev–Trinajstić information content (AvgIpc) is 2.27. The summed E-state index contributed by atoms with van der Waals surface area (Å²) in [5, 5.41) is 0. The van der Waals surface area contributed by atoms with Crippen LogP contribution in [0.1, 0.15) is 60.8 Å². The number of hydrogen-bond donors (Lipinski definition) is 0. The van der Waals surface area contributed by atoms with Gasteiger partial charge in [0.2, 0.25) is 0 Å².